The zero-order valence-corrected chi connectivity index (χ0v) is 22.4. The molecule has 0 aliphatic rings. The van der Waals surface area contributed by atoms with Crippen LogP contribution in [0.5, 0.6) is 0 Å². The summed E-state index contributed by atoms with van der Waals surface area (Å²) in [5.41, 5.74) is 7.86. The smallest absolute Gasteiger partial charge is 0.407 e. The number of alkyl carbamates (subject to hydrolysis) is 1. The number of unbranched alkanes of at least 4 members (excludes halogenated alkanes) is 1. The first-order valence-corrected chi connectivity index (χ1v) is 13.9. The van der Waals surface area contributed by atoms with E-state index in [-0.39, 0.29) is 0 Å². The molecule has 2 aromatic rings. The molecule has 1 heterocycles. The number of nitrogens with zero attached hydrogens (tertiary/aromatic N) is 2. The van der Waals surface area contributed by atoms with E-state index in [9.17, 15) is 9.36 Å². The van der Waals surface area contributed by atoms with Crippen molar-refractivity contribution in [3.05, 3.63) is 18.2 Å². The van der Waals surface area contributed by atoms with Gasteiger partial charge in [-0.2, -0.15) is 0 Å². The Kier molecular flexibility index (Phi) is 9.59. The lowest BCUT2D eigenvalue weighted by Gasteiger charge is -2.25. The number of carbonyl (C=O) groups is 1. The first kappa shape index (κ1) is 27.7. The molecule has 0 aliphatic heterocycles. The molecule has 0 fully saturated rings. The van der Waals surface area contributed by atoms with E-state index in [2.05, 4.69) is 15.6 Å². The second-order valence-corrected chi connectivity index (χ2v) is 12.7. The maximum Gasteiger partial charge on any atom is 0.407 e. The summed E-state index contributed by atoms with van der Waals surface area (Å²) in [6.07, 6.45) is 2.29. The number of nitrogens with one attached hydrogen (secondary N) is 2. The molecule has 34 heavy (non-hydrogen) atoms. The first-order valence-electron chi connectivity index (χ1n) is 11.8. The van der Waals surface area contributed by atoms with Crippen molar-refractivity contribution in [3.8, 4) is 0 Å². The third-order valence-electron chi connectivity index (χ3n) is 5.55. The number of carbonyl (C=O) groups excluding carboxylic acids is 1. The van der Waals surface area contributed by atoms with Gasteiger partial charge in [0.25, 0.3) is 0 Å². The van der Waals surface area contributed by atoms with Crippen molar-refractivity contribution in [2.75, 3.05) is 55.7 Å². The lowest BCUT2D eigenvalue weighted by atomic mass is 10.1. The maximum absolute atomic E-state index is 13.2. The van der Waals surface area contributed by atoms with Gasteiger partial charge in [0.1, 0.15) is 24.2 Å². The van der Waals surface area contributed by atoms with Crippen LogP contribution in [-0.2, 0) is 14.1 Å². The van der Waals surface area contributed by atoms with Gasteiger partial charge in [0.2, 0.25) is 0 Å². The van der Waals surface area contributed by atoms with E-state index in [0.29, 0.717) is 42.5 Å². The zero-order chi connectivity index (χ0) is 25.5. The van der Waals surface area contributed by atoms with Gasteiger partial charge >= 0.3 is 6.09 Å². The van der Waals surface area contributed by atoms with Gasteiger partial charge in [-0.1, -0.05) is 19.9 Å². The second kappa shape index (κ2) is 11.8. The van der Waals surface area contributed by atoms with Crippen LogP contribution in [0.15, 0.2) is 18.2 Å². The molecule has 0 radical (unpaired) electrons. The van der Waals surface area contributed by atoms with E-state index in [1.54, 1.807) is 12.1 Å². The van der Waals surface area contributed by atoms with Crippen molar-refractivity contribution in [1.29, 1.82) is 0 Å². The number of anilines is 3. The standard InChI is InChI=1S/C24H40N5O4P/c1-8-34(31,9-2)17-12-13-18-19(16-17)28-22(25)20(26-6)21(18)29(7)32-15-11-10-14-27-23(30)33-24(3,4)5/h12-13,16,26H,8-11,14-15H2,1-7H3,(H2,25,28)(H,27,30). The van der Waals surface area contributed by atoms with Gasteiger partial charge in [0.15, 0.2) is 0 Å². The van der Waals surface area contributed by atoms with Crippen molar-refractivity contribution in [2.24, 2.45) is 0 Å². The molecule has 1 amide bonds. The van der Waals surface area contributed by atoms with Crippen LogP contribution in [0.2, 0.25) is 0 Å². The minimum atomic E-state index is -2.44. The topological polar surface area (TPSA) is 119 Å². The van der Waals surface area contributed by atoms with Gasteiger partial charge in [0.05, 0.1) is 17.8 Å². The Morgan fingerprint density at radius 1 is 1.21 bits per heavy atom. The Labute approximate surface area is 203 Å². The molecule has 2 rings (SSSR count). The van der Waals surface area contributed by atoms with Crippen LogP contribution in [-0.4, -0.2) is 56.2 Å². The van der Waals surface area contributed by atoms with Gasteiger partial charge in [-0.3, -0.25) is 9.90 Å². The van der Waals surface area contributed by atoms with Gasteiger partial charge in [-0.15, -0.1) is 0 Å². The monoisotopic (exact) mass is 493 g/mol. The van der Waals surface area contributed by atoms with Crippen LogP contribution >= 0.6 is 7.14 Å². The van der Waals surface area contributed by atoms with Crippen molar-refractivity contribution in [2.45, 2.75) is 53.1 Å². The molecule has 1 aromatic carbocycles. The van der Waals surface area contributed by atoms with Gasteiger partial charge in [-0.05, 0) is 45.7 Å². The number of hydrogen-bond acceptors (Lipinski definition) is 8. The fraction of sp³-hybridized carbons (Fsp3) is 0.583. The number of fused-ring (bicyclic) bond motifs is 1. The molecule has 0 bridgehead atoms. The average molecular weight is 494 g/mol. The third-order valence-corrected chi connectivity index (χ3v) is 8.81. The maximum atomic E-state index is 13.2. The van der Waals surface area contributed by atoms with Crippen molar-refractivity contribution < 1.29 is 18.9 Å². The second-order valence-electron chi connectivity index (χ2n) is 9.16. The van der Waals surface area contributed by atoms with E-state index in [1.165, 1.54) is 0 Å². The fourth-order valence-electron chi connectivity index (χ4n) is 3.67. The summed E-state index contributed by atoms with van der Waals surface area (Å²) in [5.74, 6) is 0.349. The molecular weight excluding hydrogens is 453 g/mol. The predicted molar refractivity (Wildman–Crippen MR) is 142 cm³/mol. The van der Waals surface area contributed by atoms with Crippen LogP contribution in [0.1, 0.15) is 47.5 Å². The number of rotatable bonds is 11. The number of hydroxylamine groups is 1. The lowest BCUT2D eigenvalue weighted by Crippen LogP contribution is -2.33. The largest absolute Gasteiger partial charge is 0.444 e. The highest BCUT2D eigenvalue weighted by molar-refractivity contribution is 7.71. The van der Waals surface area contributed by atoms with Crippen LogP contribution in [0.25, 0.3) is 10.9 Å². The van der Waals surface area contributed by atoms with Crippen LogP contribution < -0.4 is 26.7 Å². The molecule has 1 aromatic heterocycles. The molecule has 0 atom stereocenters. The summed E-state index contributed by atoms with van der Waals surface area (Å²) < 4.78 is 18.4. The van der Waals surface area contributed by atoms with Crippen LogP contribution in [0, 0.1) is 0 Å². The highest BCUT2D eigenvalue weighted by Gasteiger charge is 2.23. The first-order chi connectivity index (χ1) is 16.0. The molecule has 0 saturated heterocycles. The normalized spacial score (nSPS) is 12.0. The van der Waals surface area contributed by atoms with E-state index in [4.69, 9.17) is 15.3 Å². The van der Waals surface area contributed by atoms with Crippen molar-refractivity contribution in [3.63, 3.8) is 0 Å². The molecule has 9 nitrogen and oxygen atoms in total. The quantitative estimate of drug-likeness (QED) is 0.237. The Morgan fingerprint density at radius 2 is 1.88 bits per heavy atom. The molecule has 190 valence electrons. The average Bonchev–Trinajstić information content (AvgIpc) is 2.78. The number of benzene rings is 1. The van der Waals surface area contributed by atoms with E-state index < -0.39 is 18.8 Å². The zero-order valence-electron chi connectivity index (χ0n) is 21.5. The van der Waals surface area contributed by atoms with E-state index >= 15 is 0 Å². The Bertz CT molecular complexity index is 1030. The molecule has 0 spiro atoms. The van der Waals surface area contributed by atoms with Crippen LogP contribution in [0.3, 0.4) is 0 Å². The van der Waals surface area contributed by atoms with Gasteiger partial charge in [-0.25, -0.2) is 9.78 Å². The summed E-state index contributed by atoms with van der Waals surface area (Å²) in [5, 5.41) is 9.23. The number of pyridine rings is 1. The Hall–Kier alpha value is -2.51. The third kappa shape index (κ3) is 7.00. The SMILES string of the molecule is CCP(=O)(CC)c1ccc2c(N(C)OCCCCNC(=O)OC(C)(C)C)c(NC)c(N)nc2c1. The molecule has 0 aliphatic carbocycles. The molecule has 4 N–H and O–H groups in total. The van der Waals surface area contributed by atoms with E-state index in [1.807, 2.05) is 59.9 Å². The Morgan fingerprint density at radius 3 is 2.47 bits per heavy atom. The van der Waals surface area contributed by atoms with Gasteiger partial charge < -0.3 is 25.7 Å². The number of amides is 1. The van der Waals surface area contributed by atoms with E-state index in [0.717, 1.165) is 29.2 Å². The van der Waals surface area contributed by atoms with Crippen molar-refractivity contribution in [1.82, 2.24) is 10.3 Å². The summed E-state index contributed by atoms with van der Waals surface area (Å²) in [4.78, 5) is 22.2. The highest BCUT2D eigenvalue weighted by Crippen LogP contribution is 2.45. The predicted octanol–water partition coefficient (Wildman–Crippen LogP) is 4.56. The number of nitrogen functional groups attached to an aromatic ring is 1. The Balaban J connectivity index is 2.11. The van der Waals surface area contributed by atoms with Crippen molar-refractivity contribution >= 4 is 46.6 Å². The number of aromatic nitrogens is 1. The molecular formula is C24H40N5O4P. The summed E-state index contributed by atoms with van der Waals surface area (Å²) in [6.45, 7) is 10.4. The van der Waals surface area contributed by atoms with Crippen LogP contribution in [0.4, 0.5) is 22.0 Å². The van der Waals surface area contributed by atoms with Gasteiger partial charge in [0, 0.05) is 43.7 Å². The summed E-state index contributed by atoms with van der Waals surface area (Å²) in [6, 6.07) is 5.75. The molecule has 0 saturated carbocycles. The summed E-state index contributed by atoms with van der Waals surface area (Å²) in [7, 11) is 1.17. The summed E-state index contributed by atoms with van der Waals surface area (Å²) >= 11 is 0. The lowest BCUT2D eigenvalue weighted by molar-refractivity contribution is 0.0524. The highest BCUT2D eigenvalue weighted by atomic mass is 31.2. The number of ether oxygens (including phenoxy) is 1. The number of hydrogen-bond donors (Lipinski definition) is 3. The molecule has 10 heteroatoms. The minimum Gasteiger partial charge on any atom is -0.444 e. The number of nitrogens with two attached hydrogens (primary N) is 1. The molecule has 0 unspecified atom stereocenters. The minimum absolute atomic E-state index is 0.349. The fourth-order valence-corrected chi connectivity index (χ4v) is 5.55.